The molecule has 1 nitrogen and oxygen atoms in total. The molecule has 3 heteroatoms. The van der Waals surface area contributed by atoms with Crippen LogP contribution in [0.4, 0.5) is 0 Å². The zero-order valence-corrected chi connectivity index (χ0v) is 11.7. The molecule has 0 amide bonds. The molecule has 0 saturated heterocycles. The van der Waals surface area contributed by atoms with Crippen LogP contribution >= 0.6 is 24.4 Å². The van der Waals surface area contributed by atoms with E-state index in [4.69, 9.17) is 24.4 Å². The predicted molar refractivity (Wildman–Crippen MR) is 84.9 cm³/mol. The molecule has 0 fully saturated rings. The molecule has 0 radical (unpaired) electrons. The number of rotatable bonds is 1. The Kier molecular flexibility index (Phi) is 3.23. The largest absolute Gasteiger partial charge is 0.301 e. The number of benzene rings is 2. The maximum Gasteiger partial charge on any atom is 0.110 e. The molecule has 19 heavy (non-hydrogen) atoms. The van der Waals surface area contributed by atoms with Gasteiger partial charge in [-0.2, -0.15) is 0 Å². The van der Waals surface area contributed by atoms with Crippen molar-refractivity contribution in [3.63, 3.8) is 0 Å². The molecular formula is C16H11NS2. The molecule has 0 N–H and O–H groups in total. The van der Waals surface area contributed by atoms with Crippen molar-refractivity contribution in [3.05, 3.63) is 75.9 Å². The highest BCUT2D eigenvalue weighted by molar-refractivity contribution is 7.72. The minimum absolute atomic E-state index is 0.749. The van der Waals surface area contributed by atoms with Gasteiger partial charge >= 0.3 is 0 Å². The quantitative estimate of drug-likeness (QED) is 0.572. The highest BCUT2D eigenvalue weighted by Gasteiger charge is 2.02. The highest BCUT2D eigenvalue weighted by atomic mass is 32.1. The van der Waals surface area contributed by atoms with Crippen LogP contribution in [0.15, 0.2) is 66.7 Å². The van der Waals surface area contributed by atoms with E-state index in [2.05, 4.69) is 4.57 Å². The summed E-state index contributed by atoms with van der Waals surface area (Å²) in [6, 6.07) is 22.0. The maximum atomic E-state index is 5.50. The number of fused-ring (bicyclic) bond motifs is 1. The lowest BCUT2D eigenvalue weighted by Gasteiger charge is -2.08. The van der Waals surface area contributed by atoms with Crippen LogP contribution in [0.1, 0.15) is 0 Å². The molecular weight excluding hydrogens is 270 g/mol. The first-order valence-corrected chi connectivity index (χ1v) is 6.79. The van der Waals surface area contributed by atoms with Crippen LogP contribution in [-0.2, 0) is 0 Å². The molecule has 0 saturated carbocycles. The Hall–Kier alpha value is -1.84. The summed E-state index contributed by atoms with van der Waals surface area (Å²) in [5.41, 5.74) is 2.09. The average Bonchev–Trinajstić information content (AvgIpc) is 2.58. The Labute approximate surface area is 121 Å². The Balaban J connectivity index is 2.56. The van der Waals surface area contributed by atoms with Gasteiger partial charge in [-0.25, -0.2) is 0 Å². The predicted octanol–water partition coefficient (Wildman–Crippen LogP) is 5.09. The van der Waals surface area contributed by atoms with E-state index in [0.29, 0.717) is 0 Å². The standard InChI is InChI=1S/C16H11NS2/c18-15-10-11-16(19)17(12-6-2-1-3-7-12)14-9-5-4-8-13(14)15/h1-11H. The fourth-order valence-electron chi connectivity index (χ4n) is 2.15. The van der Waals surface area contributed by atoms with Crippen molar-refractivity contribution in [3.8, 4) is 5.69 Å². The molecule has 0 aliphatic heterocycles. The fraction of sp³-hybridized carbons (Fsp3) is 0. The van der Waals surface area contributed by atoms with E-state index >= 15 is 0 Å². The van der Waals surface area contributed by atoms with Crippen molar-refractivity contribution in [2.75, 3.05) is 0 Å². The smallest absolute Gasteiger partial charge is 0.110 e. The van der Waals surface area contributed by atoms with Gasteiger partial charge < -0.3 is 4.57 Å². The number of aromatic nitrogens is 1. The van der Waals surface area contributed by atoms with Crippen LogP contribution in [0.25, 0.3) is 16.6 Å². The van der Waals surface area contributed by atoms with Gasteiger partial charge in [0, 0.05) is 15.6 Å². The zero-order valence-electron chi connectivity index (χ0n) is 10.1. The van der Waals surface area contributed by atoms with Gasteiger partial charge in [-0.05, 0) is 30.3 Å². The van der Waals surface area contributed by atoms with Crippen molar-refractivity contribution in [1.82, 2.24) is 4.57 Å². The number of hydrogen-bond acceptors (Lipinski definition) is 2. The normalized spacial score (nSPS) is 10.5. The highest BCUT2D eigenvalue weighted by Crippen LogP contribution is 2.19. The van der Waals surface area contributed by atoms with Crippen molar-refractivity contribution >= 4 is 35.3 Å². The van der Waals surface area contributed by atoms with Gasteiger partial charge in [-0.3, -0.25) is 0 Å². The summed E-state index contributed by atoms with van der Waals surface area (Å²) >= 11 is 10.9. The summed E-state index contributed by atoms with van der Waals surface area (Å²) in [7, 11) is 0. The molecule has 0 atom stereocenters. The van der Waals surface area contributed by atoms with E-state index in [1.54, 1.807) is 0 Å². The van der Waals surface area contributed by atoms with E-state index in [0.717, 1.165) is 25.7 Å². The van der Waals surface area contributed by atoms with Crippen LogP contribution in [0.3, 0.4) is 0 Å². The lowest BCUT2D eigenvalue weighted by Crippen LogP contribution is -1.95. The molecule has 2 aromatic carbocycles. The van der Waals surface area contributed by atoms with E-state index in [1.807, 2.05) is 66.7 Å². The summed E-state index contributed by atoms with van der Waals surface area (Å²) in [5.74, 6) is 0. The van der Waals surface area contributed by atoms with Gasteiger partial charge in [0.2, 0.25) is 0 Å². The fourth-order valence-corrected chi connectivity index (χ4v) is 2.66. The van der Waals surface area contributed by atoms with Crippen molar-refractivity contribution in [2.24, 2.45) is 0 Å². The average molecular weight is 281 g/mol. The third kappa shape index (κ3) is 2.23. The second-order valence-electron chi connectivity index (χ2n) is 4.22. The first-order chi connectivity index (χ1) is 9.27. The van der Waals surface area contributed by atoms with Crippen molar-refractivity contribution in [1.29, 1.82) is 0 Å². The van der Waals surface area contributed by atoms with E-state index in [-0.39, 0.29) is 0 Å². The summed E-state index contributed by atoms with van der Waals surface area (Å²) in [5, 5.41) is 1.04. The van der Waals surface area contributed by atoms with Gasteiger partial charge in [-0.15, -0.1) is 0 Å². The second-order valence-corrected chi connectivity index (χ2v) is 5.08. The topological polar surface area (TPSA) is 4.93 Å². The lowest BCUT2D eigenvalue weighted by atomic mass is 10.2. The molecule has 3 aromatic rings. The van der Waals surface area contributed by atoms with E-state index in [1.165, 1.54) is 0 Å². The minimum atomic E-state index is 0.749. The van der Waals surface area contributed by atoms with Crippen LogP contribution in [0, 0.1) is 9.15 Å². The SMILES string of the molecule is S=c1ccc(=S)n(-c2ccccc2)c2ccccc12. The van der Waals surface area contributed by atoms with Crippen molar-refractivity contribution < 1.29 is 0 Å². The van der Waals surface area contributed by atoms with Crippen LogP contribution in [0.2, 0.25) is 0 Å². The monoisotopic (exact) mass is 281 g/mol. The Morgan fingerprint density at radius 2 is 1.37 bits per heavy atom. The summed E-state index contributed by atoms with van der Waals surface area (Å²) < 4.78 is 3.62. The third-order valence-corrected chi connectivity index (χ3v) is 3.70. The van der Waals surface area contributed by atoms with Gasteiger partial charge in [0.15, 0.2) is 0 Å². The third-order valence-electron chi connectivity index (χ3n) is 3.02. The molecule has 3 rings (SSSR count). The van der Waals surface area contributed by atoms with E-state index < -0.39 is 0 Å². The molecule has 1 aromatic heterocycles. The van der Waals surface area contributed by atoms with Crippen LogP contribution < -0.4 is 0 Å². The number of para-hydroxylation sites is 2. The summed E-state index contributed by atoms with van der Waals surface area (Å²) in [6.07, 6.45) is 0. The zero-order chi connectivity index (χ0) is 13.2. The van der Waals surface area contributed by atoms with Crippen molar-refractivity contribution in [2.45, 2.75) is 0 Å². The maximum absolute atomic E-state index is 5.50. The molecule has 1 heterocycles. The molecule has 0 aliphatic rings. The molecule has 0 aliphatic carbocycles. The van der Waals surface area contributed by atoms with Gasteiger partial charge in [-0.1, -0.05) is 60.8 Å². The Morgan fingerprint density at radius 3 is 2.16 bits per heavy atom. The molecule has 92 valence electrons. The first kappa shape index (κ1) is 12.2. The summed E-state index contributed by atoms with van der Waals surface area (Å²) in [4.78, 5) is 0. The summed E-state index contributed by atoms with van der Waals surface area (Å²) in [6.45, 7) is 0. The van der Waals surface area contributed by atoms with Crippen LogP contribution in [-0.4, -0.2) is 4.57 Å². The van der Waals surface area contributed by atoms with Crippen LogP contribution in [0.5, 0.6) is 0 Å². The van der Waals surface area contributed by atoms with Gasteiger partial charge in [0.05, 0.1) is 5.52 Å². The molecule has 0 bridgehead atoms. The molecule has 0 unspecified atom stereocenters. The number of hydrogen-bond donors (Lipinski definition) is 0. The molecule has 0 spiro atoms. The lowest BCUT2D eigenvalue weighted by molar-refractivity contribution is 1.09. The van der Waals surface area contributed by atoms with Gasteiger partial charge in [0.25, 0.3) is 0 Å². The first-order valence-electron chi connectivity index (χ1n) is 5.98. The number of nitrogens with zero attached hydrogens (tertiary/aromatic N) is 1. The Bertz CT molecular complexity index is 851. The second kappa shape index (κ2) is 5.03. The Morgan fingerprint density at radius 1 is 0.684 bits per heavy atom. The van der Waals surface area contributed by atoms with Gasteiger partial charge in [0.1, 0.15) is 4.64 Å². The minimum Gasteiger partial charge on any atom is -0.301 e. The van der Waals surface area contributed by atoms with E-state index in [9.17, 15) is 0 Å².